The number of ether oxygens (including phenoxy) is 1. The Morgan fingerprint density at radius 2 is 2.08 bits per heavy atom. The Labute approximate surface area is 82.8 Å². The van der Waals surface area contributed by atoms with Crippen molar-refractivity contribution in [1.29, 1.82) is 0 Å². The predicted octanol–water partition coefficient (Wildman–Crippen LogP) is 0.248. The first-order chi connectivity index (χ1) is 5.63. The fourth-order valence-electron chi connectivity index (χ4n) is 2.47. The summed E-state index contributed by atoms with van der Waals surface area (Å²) >= 11 is 0. The molecule has 3 aliphatic rings. The Morgan fingerprint density at radius 3 is 2.54 bits per heavy atom. The van der Waals surface area contributed by atoms with Gasteiger partial charge in [0.15, 0.2) is 0 Å². The molecule has 0 spiro atoms. The number of carboxylic acid groups (broad SMARTS) is 1. The molecule has 13 heavy (non-hydrogen) atoms. The van der Waals surface area contributed by atoms with E-state index >= 15 is 0 Å². The van der Waals surface area contributed by atoms with Crippen molar-refractivity contribution in [2.24, 2.45) is 16.6 Å². The average molecular weight is 208 g/mol. The van der Waals surface area contributed by atoms with Crippen LogP contribution in [0.5, 0.6) is 0 Å². The molecule has 2 heterocycles. The van der Waals surface area contributed by atoms with E-state index in [1.807, 2.05) is 0 Å². The summed E-state index contributed by atoms with van der Waals surface area (Å²) in [5.41, 5.74) is 4.94. The summed E-state index contributed by atoms with van der Waals surface area (Å²) in [5.74, 6) is -0.730. The highest BCUT2D eigenvalue weighted by Gasteiger charge is 2.61. The van der Waals surface area contributed by atoms with Crippen LogP contribution in [0.15, 0.2) is 0 Å². The van der Waals surface area contributed by atoms with Gasteiger partial charge in [-0.25, -0.2) is 0 Å². The summed E-state index contributed by atoms with van der Waals surface area (Å²) in [6, 6.07) is 0. The standard InChI is InChI=1S/C8H13NO3.ClH/c9-3-7-1-8(2-7,6(10)11)5-12-4-7;/h1-5,9H2,(H,10,11);1H. The summed E-state index contributed by atoms with van der Waals surface area (Å²) in [5, 5.41) is 8.92. The van der Waals surface area contributed by atoms with Crippen LogP contribution in [-0.2, 0) is 9.53 Å². The van der Waals surface area contributed by atoms with Crippen LogP contribution in [0.1, 0.15) is 12.8 Å². The number of carboxylic acids is 1. The van der Waals surface area contributed by atoms with Crippen LogP contribution in [0, 0.1) is 10.8 Å². The van der Waals surface area contributed by atoms with Gasteiger partial charge in [0.2, 0.25) is 0 Å². The van der Waals surface area contributed by atoms with Gasteiger partial charge in [-0.2, -0.15) is 0 Å². The largest absolute Gasteiger partial charge is 0.481 e. The Balaban J connectivity index is 0.000000845. The van der Waals surface area contributed by atoms with Crippen LogP contribution in [0.3, 0.4) is 0 Å². The van der Waals surface area contributed by atoms with Crippen molar-refractivity contribution in [3.63, 3.8) is 0 Å². The first-order valence-electron chi connectivity index (χ1n) is 4.14. The lowest BCUT2D eigenvalue weighted by Crippen LogP contribution is -2.62. The molecular formula is C8H14ClNO3. The summed E-state index contributed by atoms with van der Waals surface area (Å²) in [6.07, 6.45) is 1.40. The molecule has 5 heteroatoms. The van der Waals surface area contributed by atoms with Gasteiger partial charge in [-0.3, -0.25) is 4.79 Å². The SMILES string of the molecule is Cl.NCC12COCC(C(=O)O)(C1)C2. The smallest absolute Gasteiger partial charge is 0.312 e. The van der Waals surface area contributed by atoms with Gasteiger partial charge in [-0.15, -0.1) is 12.4 Å². The molecule has 0 radical (unpaired) electrons. The van der Waals surface area contributed by atoms with E-state index in [0.29, 0.717) is 32.6 Å². The number of hydrogen-bond acceptors (Lipinski definition) is 3. The molecule has 0 aromatic carbocycles. The normalized spacial score (nSPS) is 41.6. The minimum absolute atomic E-state index is 0. The fraction of sp³-hybridized carbons (Fsp3) is 0.875. The lowest BCUT2D eigenvalue weighted by molar-refractivity contribution is -0.209. The monoisotopic (exact) mass is 207 g/mol. The van der Waals surface area contributed by atoms with E-state index in [1.54, 1.807) is 0 Å². The molecule has 1 saturated carbocycles. The zero-order chi connectivity index (χ0) is 8.82. The van der Waals surface area contributed by atoms with Gasteiger partial charge in [0.25, 0.3) is 0 Å². The van der Waals surface area contributed by atoms with Crippen LogP contribution in [0.4, 0.5) is 0 Å². The third kappa shape index (κ3) is 1.33. The maximum absolute atomic E-state index is 10.9. The zero-order valence-electron chi connectivity index (χ0n) is 7.28. The third-order valence-corrected chi connectivity index (χ3v) is 3.10. The molecule has 76 valence electrons. The highest BCUT2D eigenvalue weighted by atomic mass is 35.5. The van der Waals surface area contributed by atoms with Crippen LogP contribution < -0.4 is 5.73 Å². The molecule has 0 unspecified atom stereocenters. The van der Waals surface area contributed by atoms with Gasteiger partial charge in [-0.1, -0.05) is 0 Å². The molecule has 3 N–H and O–H groups in total. The van der Waals surface area contributed by atoms with Gasteiger partial charge < -0.3 is 15.6 Å². The van der Waals surface area contributed by atoms with Crippen LogP contribution in [0.25, 0.3) is 0 Å². The fourth-order valence-corrected chi connectivity index (χ4v) is 2.47. The second-order valence-corrected chi connectivity index (χ2v) is 4.14. The molecule has 2 bridgehead atoms. The predicted molar refractivity (Wildman–Crippen MR) is 48.9 cm³/mol. The number of carbonyl (C=O) groups is 1. The van der Waals surface area contributed by atoms with Crippen LogP contribution in [-0.4, -0.2) is 30.8 Å². The number of nitrogens with two attached hydrogens (primary N) is 1. The minimum atomic E-state index is -0.730. The van der Waals surface area contributed by atoms with E-state index in [4.69, 9.17) is 15.6 Å². The summed E-state index contributed by atoms with van der Waals surface area (Å²) in [7, 11) is 0. The Kier molecular flexibility index (Phi) is 2.58. The van der Waals surface area contributed by atoms with E-state index in [1.165, 1.54) is 0 Å². The third-order valence-electron chi connectivity index (χ3n) is 3.10. The quantitative estimate of drug-likeness (QED) is 0.681. The minimum Gasteiger partial charge on any atom is -0.481 e. The second-order valence-electron chi connectivity index (χ2n) is 4.14. The van der Waals surface area contributed by atoms with Crippen molar-refractivity contribution in [3.8, 4) is 0 Å². The maximum Gasteiger partial charge on any atom is 0.312 e. The van der Waals surface area contributed by atoms with Gasteiger partial charge in [-0.05, 0) is 12.8 Å². The summed E-state index contributed by atoms with van der Waals surface area (Å²) in [6.45, 7) is 1.55. The first-order valence-corrected chi connectivity index (χ1v) is 4.14. The zero-order valence-corrected chi connectivity index (χ0v) is 8.10. The average Bonchev–Trinajstić information content (AvgIpc) is 2.03. The number of halogens is 1. The Hall–Kier alpha value is -0.320. The van der Waals surface area contributed by atoms with E-state index in [0.717, 1.165) is 0 Å². The van der Waals surface area contributed by atoms with Crippen molar-refractivity contribution in [2.75, 3.05) is 19.8 Å². The lowest BCUT2D eigenvalue weighted by Gasteiger charge is -2.57. The first kappa shape index (κ1) is 10.8. The lowest BCUT2D eigenvalue weighted by atomic mass is 9.51. The molecular weight excluding hydrogens is 194 g/mol. The van der Waals surface area contributed by atoms with Gasteiger partial charge in [0.05, 0.1) is 18.6 Å². The van der Waals surface area contributed by atoms with Crippen molar-refractivity contribution in [1.82, 2.24) is 0 Å². The maximum atomic E-state index is 10.9. The van der Waals surface area contributed by atoms with E-state index in [9.17, 15) is 4.79 Å². The van der Waals surface area contributed by atoms with Crippen LogP contribution >= 0.6 is 12.4 Å². The molecule has 1 aliphatic carbocycles. The molecule has 2 aliphatic heterocycles. The molecule has 4 nitrogen and oxygen atoms in total. The molecule has 3 fully saturated rings. The molecule has 0 amide bonds. The Morgan fingerprint density at radius 1 is 1.46 bits per heavy atom. The highest BCUT2D eigenvalue weighted by molar-refractivity contribution is 5.85. The molecule has 3 rings (SSSR count). The number of aliphatic carboxylic acids is 1. The molecule has 2 saturated heterocycles. The van der Waals surface area contributed by atoms with Crippen molar-refractivity contribution < 1.29 is 14.6 Å². The molecule has 0 aromatic heterocycles. The number of rotatable bonds is 2. The van der Waals surface area contributed by atoms with Gasteiger partial charge >= 0.3 is 5.97 Å². The number of hydrogen-bond donors (Lipinski definition) is 2. The van der Waals surface area contributed by atoms with E-state index in [2.05, 4.69) is 0 Å². The topological polar surface area (TPSA) is 72.5 Å². The van der Waals surface area contributed by atoms with Crippen molar-refractivity contribution in [2.45, 2.75) is 12.8 Å². The van der Waals surface area contributed by atoms with E-state index in [-0.39, 0.29) is 17.8 Å². The van der Waals surface area contributed by atoms with Crippen molar-refractivity contribution >= 4 is 18.4 Å². The number of fused-ring (bicyclic) bond motifs is 2. The van der Waals surface area contributed by atoms with Crippen LogP contribution in [0.2, 0.25) is 0 Å². The Bertz CT molecular complexity index is 225. The van der Waals surface area contributed by atoms with Gasteiger partial charge in [0.1, 0.15) is 0 Å². The van der Waals surface area contributed by atoms with Gasteiger partial charge in [0, 0.05) is 12.0 Å². The summed E-state index contributed by atoms with van der Waals surface area (Å²) < 4.78 is 5.23. The summed E-state index contributed by atoms with van der Waals surface area (Å²) in [4.78, 5) is 10.9. The molecule has 0 aromatic rings. The highest BCUT2D eigenvalue weighted by Crippen LogP contribution is 2.57. The second kappa shape index (κ2) is 3.12. The molecule has 0 atom stereocenters. The van der Waals surface area contributed by atoms with E-state index < -0.39 is 11.4 Å². The van der Waals surface area contributed by atoms with Crippen molar-refractivity contribution in [3.05, 3.63) is 0 Å².